The number of benzene rings is 1. The van der Waals surface area contributed by atoms with E-state index in [1.807, 2.05) is 4.90 Å². The molecule has 7 heteroatoms. The molecule has 4 nitrogen and oxygen atoms in total. The Kier molecular flexibility index (Phi) is 4.59. The molecule has 1 N–H and O–H groups in total. The van der Waals surface area contributed by atoms with E-state index in [1.54, 1.807) is 19.1 Å². The first kappa shape index (κ1) is 15.2. The molecular weight excluding hydrogens is 336 g/mol. The predicted molar refractivity (Wildman–Crippen MR) is 71.9 cm³/mol. The third kappa shape index (κ3) is 3.46. The minimum Gasteiger partial charge on any atom is -0.481 e. The van der Waals surface area contributed by atoms with Gasteiger partial charge in [-0.15, -0.1) is 0 Å². The van der Waals surface area contributed by atoms with E-state index in [9.17, 15) is 13.6 Å². The number of nitrogens with zero attached hydrogens (tertiary/aromatic N) is 1. The molecular formula is C13H14BrF2NO3. The van der Waals surface area contributed by atoms with Crippen molar-refractivity contribution in [2.45, 2.75) is 20.1 Å². The topological polar surface area (TPSA) is 49.8 Å². The van der Waals surface area contributed by atoms with Gasteiger partial charge < -0.3 is 9.84 Å². The summed E-state index contributed by atoms with van der Waals surface area (Å²) in [6.45, 7) is 0.0648. The Labute approximate surface area is 123 Å². The number of ether oxygens (including phenoxy) is 1. The molecule has 2 rings (SSSR count). The van der Waals surface area contributed by atoms with Gasteiger partial charge in [-0.2, -0.15) is 8.78 Å². The highest BCUT2D eigenvalue weighted by Crippen LogP contribution is 2.32. The van der Waals surface area contributed by atoms with Gasteiger partial charge in [-0.3, -0.25) is 9.69 Å². The average Bonchev–Trinajstić information content (AvgIpc) is 2.26. The Balaban J connectivity index is 2.12. The maximum atomic E-state index is 12.5. The molecule has 0 aliphatic carbocycles. The van der Waals surface area contributed by atoms with Gasteiger partial charge in [0.1, 0.15) is 5.75 Å². The molecule has 0 unspecified atom stereocenters. The Morgan fingerprint density at radius 3 is 2.75 bits per heavy atom. The van der Waals surface area contributed by atoms with Crippen LogP contribution in [0.15, 0.2) is 16.6 Å². The van der Waals surface area contributed by atoms with E-state index in [4.69, 9.17) is 5.11 Å². The summed E-state index contributed by atoms with van der Waals surface area (Å²) in [4.78, 5) is 12.6. The molecule has 1 aliphatic rings. The molecule has 0 spiro atoms. The van der Waals surface area contributed by atoms with Gasteiger partial charge in [0, 0.05) is 29.7 Å². The smallest absolute Gasteiger partial charge is 0.387 e. The van der Waals surface area contributed by atoms with E-state index in [0.717, 1.165) is 4.47 Å². The van der Waals surface area contributed by atoms with Crippen molar-refractivity contribution >= 4 is 21.9 Å². The highest BCUT2D eigenvalue weighted by molar-refractivity contribution is 9.10. The summed E-state index contributed by atoms with van der Waals surface area (Å²) in [6, 6.07) is 3.43. The van der Waals surface area contributed by atoms with Gasteiger partial charge >= 0.3 is 12.6 Å². The zero-order chi connectivity index (χ0) is 14.9. The zero-order valence-corrected chi connectivity index (χ0v) is 12.4. The second-order valence-corrected chi connectivity index (χ2v) is 5.73. The maximum absolute atomic E-state index is 12.5. The van der Waals surface area contributed by atoms with Gasteiger partial charge in [0.05, 0.1) is 5.92 Å². The number of hydrogen-bond donors (Lipinski definition) is 1. The number of aryl methyl sites for hydroxylation is 1. The van der Waals surface area contributed by atoms with Gasteiger partial charge in [0.2, 0.25) is 0 Å². The fraction of sp³-hybridized carbons (Fsp3) is 0.462. The normalized spacial score (nSPS) is 16.2. The van der Waals surface area contributed by atoms with Crippen molar-refractivity contribution in [2.24, 2.45) is 5.92 Å². The molecule has 1 aliphatic heterocycles. The number of hydrogen-bond acceptors (Lipinski definition) is 3. The Bertz CT molecular complexity index is 519. The van der Waals surface area contributed by atoms with Crippen molar-refractivity contribution in [3.63, 3.8) is 0 Å². The third-order valence-electron chi connectivity index (χ3n) is 3.22. The van der Waals surface area contributed by atoms with Crippen LogP contribution in [0.4, 0.5) is 8.78 Å². The molecule has 1 heterocycles. The summed E-state index contributed by atoms with van der Waals surface area (Å²) in [5, 5.41) is 8.82. The number of aliphatic carboxylic acids is 1. The molecule has 1 aromatic carbocycles. The van der Waals surface area contributed by atoms with Crippen molar-refractivity contribution < 1.29 is 23.4 Å². The highest BCUT2D eigenvalue weighted by atomic mass is 79.9. The summed E-state index contributed by atoms with van der Waals surface area (Å²) in [7, 11) is 0. The molecule has 1 aromatic rings. The molecule has 1 saturated heterocycles. The van der Waals surface area contributed by atoms with Gasteiger partial charge in [-0.1, -0.05) is 15.9 Å². The van der Waals surface area contributed by atoms with Crippen LogP contribution >= 0.6 is 15.9 Å². The fourth-order valence-electron chi connectivity index (χ4n) is 2.27. The van der Waals surface area contributed by atoms with Crippen LogP contribution in [-0.2, 0) is 11.3 Å². The highest BCUT2D eigenvalue weighted by Gasteiger charge is 2.33. The van der Waals surface area contributed by atoms with Gasteiger partial charge in [0.15, 0.2) is 0 Å². The van der Waals surface area contributed by atoms with Gasteiger partial charge in [-0.05, 0) is 24.6 Å². The SMILES string of the molecule is Cc1cc(Br)cc(CN2CC(C(=O)O)C2)c1OC(F)F. The summed E-state index contributed by atoms with van der Waals surface area (Å²) in [5.74, 6) is -1.03. The van der Waals surface area contributed by atoms with Gasteiger partial charge in [0.25, 0.3) is 0 Å². The van der Waals surface area contributed by atoms with Crippen LogP contribution in [0.3, 0.4) is 0 Å². The van der Waals surface area contributed by atoms with Crippen LogP contribution < -0.4 is 4.74 Å². The first-order valence-corrected chi connectivity index (χ1v) is 6.85. The molecule has 0 bridgehead atoms. The number of alkyl halides is 2. The van der Waals surface area contributed by atoms with E-state index in [-0.39, 0.29) is 11.7 Å². The van der Waals surface area contributed by atoms with Crippen molar-refractivity contribution in [1.29, 1.82) is 0 Å². The monoisotopic (exact) mass is 349 g/mol. The molecule has 0 amide bonds. The number of carbonyl (C=O) groups is 1. The fourth-order valence-corrected chi connectivity index (χ4v) is 2.89. The summed E-state index contributed by atoms with van der Waals surface area (Å²) < 4.78 is 30.3. The molecule has 0 atom stereocenters. The molecule has 1 fully saturated rings. The first-order chi connectivity index (χ1) is 9.36. The number of likely N-dealkylation sites (tertiary alicyclic amines) is 1. The van der Waals surface area contributed by atoms with E-state index in [1.165, 1.54) is 0 Å². The van der Waals surface area contributed by atoms with Crippen LogP contribution in [0.1, 0.15) is 11.1 Å². The van der Waals surface area contributed by atoms with Crippen molar-refractivity contribution in [3.8, 4) is 5.75 Å². The first-order valence-electron chi connectivity index (χ1n) is 6.06. The largest absolute Gasteiger partial charge is 0.481 e. The Hall–Kier alpha value is -1.21. The number of carboxylic acids is 1. The second-order valence-electron chi connectivity index (χ2n) is 4.82. The van der Waals surface area contributed by atoms with Crippen LogP contribution in [0.5, 0.6) is 5.75 Å². The molecule has 110 valence electrons. The number of halogens is 3. The Morgan fingerprint density at radius 2 is 2.20 bits per heavy atom. The van der Waals surface area contributed by atoms with Crippen LogP contribution in [0, 0.1) is 12.8 Å². The quantitative estimate of drug-likeness (QED) is 0.887. The van der Waals surface area contributed by atoms with Crippen molar-refractivity contribution in [1.82, 2.24) is 4.90 Å². The number of carboxylic acid groups (broad SMARTS) is 1. The minimum atomic E-state index is -2.88. The average molecular weight is 350 g/mol. The lowest BCUT2D eigenvalue weighted by Crippen LogP contribution is -2.49. The zero-order valence-electron chi connectivity index (χ0n) is 10.8. The third-order valence-corrected chi connectivity index (χ3v) is 3.68. The van der Waals surface area contributed by atoms with Crippen LogP contribution in [0.2, 0.25) is 0 Å². The minimum absolute atomic E-state index is 0.168. The van der Waals surface area contributed by atoms with Crippen LogP contribution in [0.25, 0.3) is 0 Å². The van der Waals surface area contributed by atoms with Crippen molar-refractivity contribution in [3.05, 3.63) is 27.7 Å². The Morgan fingerprint density at radius 1 is 1.55 bits per heavy atom. The summed E-state index contributed by atoms with van der Waals surface area (Å²) >= 11 is 3.32. The lowest BCUT2D eigenvalue weighted by atomic mass is 9.99. The van der Waals surface area contributed by atoms with E-state index < -0.39 is 12.6 Å². The molecule has 0 radical (unpaired) electrons. The van der Waals surface area contributed by atoms with Crippen LogP contribution in [-0.4, -0.2) is 35.7 Å². The second kappa shape index (κ2) is 6.05. The summed E-state index contributed by atoms with van der Waals surface area (Å²) in [6.07, 6.45) is 0. The summed E-state index contributed by atoms with van der Waals surface area (Å²) in [5.41, 5.74) is 1.24. The van der Waals surface area contributed by atoms with Crippen molar-refractivity contribution in [2.75, 3.05) is 13.1 Å². The van der Waals surface area contributed by atoms with E-state index in [0.29, 0.717) is 30.8 Å². The molecule has 0 aromatic heterocycles. The van der Waals surface area contributed by atoms with E-state index in [2.05, 4.69) is 20.7 Å². The maximum Gasteiger partial charge on any atom is 0.387 e. The number of rotatable bonds is 5. The molecule has 0 saturated carbocycles. The predicted octanol–water partition coefficient (Wildman–Crippen LogP) is 2.88. The van der Waals surface area contributed by atoms with E-state index >= 15 is 0 Å². The van der Waals surface area contributed by atoms with Gasteiger partial charge in [-0.25, -0.2) is 0 Å². The standard InChI is InChI=1S/C13H14BrF2NO3/c1-7-2-10(14)3-8(11(7)20-13(15)16)4-17-5-9(6-17)12(18)19/h2-3,9,13H,4-6H2,1H3,(H,18,19). The lowest BCUT2D eigenvalue weighted by molar-refractivity contribution is -0.147. The molecule has 20 heavy (non-hydrogen) atoms. The lowest BCUT2D eigenvalue weighted by Gasteiger charge is -2.37.